The maximum absolute atomic E-state index is 12.8. The van der Waals surface area contributed by atoms with Crippen LogP contribution < -0.4 is 11.3 Å². The standard InChI is InChI=1S/C14H20F3N3O/c1-4-7-20(9(2)3)13(21)11-8-10(14(15,16)17)5-6-12(11)19-18/h5-6,8-9,19H,4,7,18H2,1-3H3. The van der Waals surface area contributed by atoms with Crippen LogP contribution in [0.2, 0.25) is 0 Å². The number of nitrogens with zero attached hydrogens (tertiary/aromatic N) is 1. The molecule has 1 aromatic carbocycles. The predicted molar refractivity (Wildman–Crippen MR) is 75.7 cm³/mol. The number of rotatable bonds is 5. The number of nitrogens with two attached hydrogens (primary N) is 1. The van der Waals surface area contributed by atoms with Crippen LogP contribution in [0.15, 0.2) is 18.2 Å². The highest BCUT2D eigenvalue weighted by atomic mass is 19.4. The average Bonchev–Trinajstić information content (AvgIpc) is 2.42. The molecule has 1 amide bonds. The van der Waals surface area contributed by atoms with Gasteiger partial charge in [-0.25, -0.2) is 0 Å². The number of amides is 1. The zero-order valence-electron chi connectivity index (χ0n) is 12.3. The van der Waals surface area contributed by atoms with Gasteiger partial charge in [0, 0.05) is 12.6 Å². The summed E-state index contributed by atoms with van der Waals surface area (Å²) in [6.07, 6.45) is -3.79. The molecule has 0 atom stereocenters. The summed E-state index contributed by atoms with van der Waals surface area (Å²) < 4.78 is 38.4. The van der Waals surface area contributed by atoms with Gasteiger partial charge in [-0.2, -0.15) is 13.2 Å². The maximum Gasteiger partial charge on any atom is 0.416 e. The van der Waals surface area contributed by atoms with Gasteiger partial charge in [-0.15, -0.1) is 0 Å². The van der Waals surface area contributed by atoms with E-state index in [2.05, 4.69) is 5.43 Å². The van der Waals surface area contributed by atoms with Gasteiger partial charge >= 0.3 is 6.18 Å². The van der Waals surface area contributed by atoms with Gasteiger partial charge in [-0.1, -0.05) is 6.92 Å². The minimum Gasteiger partial charge on any atom is -0.336 e. The molecule has 0 unspecified atom stereocenters. The van der Waals surface area contributed by atoms with E-state index < -0.39 is 17.6 Å². The normalized spacial score (nSPS) is 11.6. The van der Waals surface area contributed by atoms with E-state index in [1.165, 1.54) is 11.0 Å². The number of carbonyl (C=O) groups excluding carboxylic acids is 1. The fourth-order valence-electron chi connectivity index (χ4n) is 2.01. The Morgan fingerprint density at radius 1 is 1.38 bits per heavy atom. The van der Waals surface area contributed by atoms with Gasteiger partial charge in [-0.3, -0.25) is 10.6 Å². The van der Waals surface area contributed by atoms with E-state index in [4.69, 9.17) is 5.84 Å². The molecule has 1 rings (SSSR count). The number of alkyl halides is 3. The number of carbonyl (C=O) groups is 1. The van der Waals surface area contributed by atoms with Crippen LogP contribution in [0.4, 0.5) is 18.9 Å². The number of hydrogen-bond acceptors (Lipinski definition) is 3. The highest BCUT2D eigenvalue weighted by Crippen LogP contribution is 2.32. The molecule has 0 fully saturated rings. The third kappa shape index (κ3) is 4.10. The lowest BCUT2D eigenvalue weighted by Gasteiger charge is -2.27. The van der Waals surface area contributed by atoms with Crippen LogP contribution in [-0.4, -0.2) is 23.4 Å². The van der Waals surface area contributed by atoms with E-state index >= 15 is 0 Å². The van der Waals surface area contributed by atoms with Gasteiger partial charge in [0.1, 0.15) is 0 Å². The van der Waals surface area contributed by atoms with Crippen molar-refractivity contribution in [3.8, 4) is 0 Å². The lowest BCUT2D eigenvalue weighted by molar-refractivity contribution is -0.137. The van der Waals surface area contributed by atoms with Crippen molar-refractivity contribution in [2.24, 2.45) is 5.84 Å². The molecule has 3 N–H and O–H groups in total. The van der Waals surface area contributed by atoms with Crippen LogP contribution in [0.3, 0.4) is 0 Å². The minimum atomic E-state index is -4.50. The van der Waals surface area contributed by atoms with Crippen LogP contribution >= 0.6 is 0 Å². The first-order chi connectivity index (χ1) is 9.72. The average molecular weight is 303 g/mol. The van der Waals surface area contributed by atoms with Crippen LogP contribution in [0.25, 0.3) is 0 Å². The Labute approximate surface area is 122 Å². The van der Waals surface area contributed by atoms with Gasteiger partial charge in [0.2, 0.25) is 0 Å². The van der Waals surface area contributed by atoms with E-state index in [-0.39, 0.29) is 17.3 Å². The number of nitrogen functional groups attached to an aromatic ring is 1. The molecule has 0 radical (unpaired) electrons. The highest BCUT2D eigenvalue weighted by Gasteiger charge is 2.32. The van der Waals surface area contributed by atoms with E-state index in [1.54, 1.807) is 0 Å². The maximum atomic E-state index is 12.8. The van der Waals surface area contributed by atoms with Crippen LogP contribution in [-0.2, 0) is 6.18 Å². The van der Waals surface area contributed by atoms with E-state index in [9.17, 15) is 18.0 Å². The molecule has 0 heterocycles. The lowest BCUT2D eigenvalue weighted by Crippen LogP contribution is -2.38. The Balaban J connectivity index is 3.28. The first kappa shape index (κ1) is 17.3. The first-order valence-electron chi connectivity index (χ1n) is 6.71. The topological polar surface area (TPSA) is 58.4 Å². The molecule has 0 saturated heterocycles. The van der Waals surface area contributed by atoms with Crippen LogP contribution in [0.1, 0.15) is 43.1 Å². The molecule has 0 aliphatic heterocycles. The molecule has 0 aromatic heterocycles. The molecular formula is C14H20F3N3O. The largest absolute Gasteiger partial charge is 0.416 e. The van der Waals surface area contributed by atoms with Gasteiger partial charge in [0.05, 0.1) is 16.8 Å². The number of anilines is 1. The fraction of sp³-hybridized carbons (Fsp3) is 0.500. The second-order valence-electron chi connectivity index (χ2n) is 4.99. The highest BCUT2D eigenvalue weighted by molar-refractivity contribution is 6.00. The van der Waals surface area contributed by atoms with Gasteiger partial charge in [0.15, 0.2) is 0 Å². The third-order valence-electron chi connectivity index (χ3n) is 3.08. The fourth-order valence-corrected chi connectivity index (χ4v) is 2.01. The van der Waals surface area contributed by atoms with Crippen molar-refractivity contribution in [2.45, 2.75) is 39.4 Å². The monoisotopic (exact) mass is 303 g/mol. The van der Waals surface area contributed by atoms with E-state index in [0.29, 0.717) is 13.0 Å². The summed E-state index contributed by atoms with van der Waals surface area (Å²) in [5.41, 5.74) is 1.51. The van der Waals surface area contributed by atoms with Crippen LogP contribution in [0.5, 0.6) is 0 Å². The van der Waals surface area contributed by atoms with Gasteiger partial charge in [-0.05, 0) is 38.5 Å². The molecule has 0 bridgehead atoms. The molecule has 1 aromatic rings. The zero-order valence-corrected chi connectivity index (χ0v) is 12.3. The second-order valence-corrected chi connectivity index (χ2v) is 4.99. The number of nitrogens with one attached hydrogen (secondary N) is 1. The zero-order chi connectivity index (χ0) is 16.2. The Hall–Kier alpha value is -1.76. The summed E-state index contributed by atoms with van der Waals surface area (Å²) in [5.74, 6) is 4.83. The quantitative estimate of drug-likeness (QED) is 0.648. The third-order valence-corrected chi connectivity index (χ3v) is 3.08. The summed E-state index contributed by atoms with van der Waals surface area (Å²) in [7, 11) is 0. The first-order valence-corrected chi connectivity index (χ1v) is 6.71. The molecule has 0 aliphatic rings. The molecular weight excluding hydrogens is 283 g/mol. The number of hydrogen-bond donors (Lipinski definition) is 2. The summed E-state index contributed by atoms with van der Waals surface area (Å²) in [6, 6.07) is 2.78. The molecule has 21 heavy (non-hydrogen) atoms. The van der Waals surface area contributed by atoms with Crippen molar-refractivity contribution in [1.82, 2.24) is 4.90 Å². The van der Waals surface area contributed by atoms with Crippen LogP contribution in [0, 0.1) is 0 Å². The number of halogens is 3. The van der Waals surface area contributed by atoms with Gasteiger partial charge < -0.3 is 10.3 Å². The Morgan fingerprint density at radius 3 is 2.43 bits per heavy atom. The molecule has 7 heteroatoms. The Kier molecular flexibility index (Phi) is 5.60. The predicted octanol–water partition coefficient (Wildman–Crippen LogP) is 3.25. The van der Waals surface area contributed by atoms with E-state index in [0.717, 1.165) is 12.1 Å². The van der Waals surface area contributed by atoms with Crippen molar-refractivity contribution in [3.63, 3.8) is 0 Å². The Bertz CT molecular complexity index is 501. The van der Waals surface area contributed by atoms with Crippen molar-refractivity contribution < 1.29 is 18.0 Å². The van der Waals surface area contributed by atoms with Crippen molar-refractivity contribution in [3.05, 3.63) is 29.3 Å². The molecule has 4 nitrogen and oxygen atoms in total. The minimum absolute atomic E-state index is 0.0746. The van der Waals surface area contributed by atoms with Gasteiger partial charge in [0.25, 0.3) is 5.91 Å². The lowest BCUT2D eigenvalue weighted by atomic mass is 10.1. The number of hydrazine groups is 1. The Morgan fingerprint density at radius 2 is 2.00 bits per heavy atom. The van der Waals surface area contributed by atoms with E-state index in [1.807, 2.05) is 20.8 Å². The molecule has 0 spiro atoms. The summed E-state index contributed by atoms with van der Waals surface area (Å²) in [4.78, 5) is 14.0. The summed E-state index contributed by atoms with van der Waals surface area (Å²) in [6.45, 7) is 6.00. The molecule has 118 valence electrons. The van der Waals surface area contributed by atoms with Crippen molar-refractivity contribution in [2.75, 3.05) is 12.0 Å². The number of benzene rings is 1. The van der Waals surface area contributed by atoms with Crippen molar-refractivity contribution in [1.29, 1.82) is 0 Å². The molecule has 0 saturated carbocycles. The summed E-state index contributed by atoms with van der Waals surface area (Å²) in [5, 5.41) is 0. The second kappa shape index (κ2) is 6.80. The smallest absolute Gasteiger partial charge is 0.336 e. The SMILES string of the molecule is CCCN(C(=O)c1cc(C(F)(F)F)ccc1NN)C(C)C. The summed E-state index contributed by atoms with van der Waals surface area (Å²) >= 11 is 0. The van der Waals surface area contributed by atoms with Crippen molar-refractivity contribution >= 4 is 11.6 Å². The molecule has 0 aliphatic carbocycles.